The van der Waals surface area contributed by atoms with Gasteiger partial charge < -0.3 is 5.32 Å². The number of hydrogen-bond donors (Lipinski definition) is 1. The van der Waals surface area contributed by atoms with E-state index in [1.807, 2.05) is 41.2 Å². The van der Waals surface area contributed by atoms with Gasteiger partial charge >= 0.3 is 0 Å². The summed E-state index contributed by atoms with van der Waals surface area (Å²) in [5.74, 6) is 0.0569. The first-order chi connectivity index (χ1) is 9.19. The minimum absolute atomic E-state index is 0.0637. The molecule has 0 fully saturated rings. The molecule has 1 amide bonds. The molecule has 0 saturated carbocycles. The highest BCUT2D eigenvalue weighted by molar-refractivity contribution is 6.19. The number of nitrogens with one attached hydrogen (secondary N) is 1. The molecular weight excluding hydrogens is 262 g/mol. The molecule has 1 atom stereocenters. The quantitative estimate of drug-likeness (QED) is 0.854. The van der Waals surface area contributed by atoms with Gasteiger partial charge in [0.1, 0.15) is 0 Å². The van der Waals surface area contributed by atoms with Crippen molar-refractivity contribution >= 4 is 23.2 Å². The molecule has 5 heteroatoms. The molecule has 2 rings (SSSR count). The number of carbonyl (C=O) groups is 1. The second kappa shape index (κ2) is 6.38. The van der Waals surface area contributed by atoms with Crippen molar-refractivity contribution in [1.82, 2.24) is 9.78 Å². The fraction of sp³-hybridized carbons (Fsp3) is 0.286. The van der Waals surface area contributed by atoms with Crippen LogP contribution >= 0.6 is 11.6 Å². The summed E-state index contributed by atoms with van der Waals surface area (Å²) in [6, 6.07) is 9.61. The van der Waals surface area contributed by atoms with Crippen LogP contribution in [-0.4, -0.2) is 21.6 Å². The van der Waals surface area contributed by atoms with Crippen molar-refractivity contribution in [3.8, 4) is 0 Å². The van der Waals surface area contributed by atoms with Gasteiger partial charge in [-0.1, -0.05) is 19.1 Å². The average Bonchev–Trinajstić information content (AvgIpc) is 2.91. The van der Waals surface area contributed by atoms with Crippen LogP contribution in [0.15, 0.2) is 42.7 Å². The van der Waals surface area contributed by atoms with E-state index >= 15 is 0 Å². The van der Waals surface area contributed by atoms with E-state index in [-0.39, 0.29) is 11.8 Å². The average molecular weight is 278 g/mol. The molecule has 1 N–H and O–H groups in total. The number of rotatable bonds is 5. The van der Waals surface area contributed by atoms with Crippen molar-refractivity contribution < 1.29 is 4.79 Å². The normalized spacial score (nSPS) is 12.1. The zero-order valence-corrected chi connectivity index (χ0v) is 11.5. The predicted molar refractivity (Wildman–Crippen MR) is 76.3 cm³/mol. The molecule has 0 radical (unpaired) electrons. The van der Waals surface area contributed by atoms with Crippen LogP contribution in [-0.2, 0) is 11.3 Å². The Morgan fingerprint density at radius 2 is 2.32 bits per heavy atom. The number of alkyl halides is 1. The van der Waals surface area contributed by atoms with Crippen molar-refractivity contribution in [1.29, 1.82) is 0 Å². The Kier molecular flexibility index (Phi) is 4.58. The fourth-order valence-electron chi connectivity index (χ4n) is 1.66. The molecular formula is C14H16ClN3O. The topological polar surface area (TPSA) is 46.9 Å². The number of aromatic nitrogens is 2. The van der Waals surface area contributed by atoms with Crippen LogP contribution in [0.1, 0.15) is 12.5 Å². The lowest BCUT2D eigenvalue weighted by Crippen LogP contribution is -2.21. The van der Waals surface area contributed by atoms with E-state index in [2.05, 4.69) is 10.4 Å². The van der Waals surface area contributed by atoms with Crippen LogP contribution in [0.4, 0.5) is 5.69 Å². The van der Waals surface area contributed by atoms with Gasteiger partial charge in [0, 0.05) is 29.9 Å². The Morgan fingerprint density at radius 3 is 3.00 bits per heavy atom. The van der Waals surface area contributed by atoms with E-state index in [4.69, 9.17) is 11.6 Å². The van der Waals surface area contributed by atoms with E-state index < -0.39 is 0 Å². The molecule has 1 aromatic heterocycles. The molecule has 0 bridgehead atoms. The molecule has 0 aliphatic heterocycles. The maximum absolute atomic E-state index is 11.8. The van der Waals surface area contributed by atoms with Gasteiger partial charge in [0.2, 0.25) is 5.91 Å². The largest absolute Gasteiger partial charge is 0.326 e. The lowest BCUT2D eigenvalue weighted by Gasteiger charge is -2.10. The van der Waals surface area contributed by atoms with Crippen molar-refractivity contribution in [3.05, 3.63) is 48.3 Å². The van der Waals surface area contributed by atoms with Crippen LogP contribution in [0, 0.1) is 5.92 Å². The Bertz CT molecular complexity index is 539. The number of nitrogens with zero attached hydrogens (tertiary/aromatic N) is 2. The molecule has 0 saturated heterocycles. The highest BCUT2D eigenvalue weighted by atomic mass is 35.5. The van der Waals surface area contributed by atoms with Gasteiger partial charge in [-0.15, -0.1) is 11.6 Å². The lowest BCUT2D eigenvalue weighted by molar-refractivity contribution is -0.118. The lowest BCUT2D eigenvalue weighted by atomic mass is 10.1. The van der Waals surface area contributed by atoms with E-state index in [1.54, 1.807) is 13.1 Å². The summed E-state index contributed by atoms with van der Waals surface area (Å²) in [7, 11) is 0. The number of carbonyl (C=O) groups excluding carboxylic acids is 1. The molecule has 0 spiro atoms. The molecule has 0 aliphatic carbocycles. The number of halogens is 1. The standard InChI is InChI=1S/C14H16ClN3O/c1-11(9-15)14(19)17-13-5-2-4-12(8-13)10-18-7-3-6-16-18/h2-8,11H,9-10H2,1H3,(H,17,19). The van der Waals surface area contributed by atoms with Crippen molar-refractivity contribution in [2.45, 2.75) is 13.5 Å². The predicted octanol–water partition coefficient (Wildman–Crippen LogP) is 2.74. The van der Waals surface area contributed by atoms with Crippen LogP contribution in [0.5, 0.6) is 0 Å². The summed E-state index contributed by atoms with van der Waals surface area (Å²) < 4.78 is 1.84. The second-order valence-corrected chi connectivity index (χ2v) is 4.76. The maximum Gasteiger partial charge on any atom is 0.228 e. The zero-order chi connectivity index (χ0) is 13.7. The molecule has 0 aliphatic rings. The molecule has 100 valence electrons. The Labute approximate surface area is 117 Å². The third-order valence-electron chi connectivity index (χ3n) is 2.78. The van der Waals surface area contributed by atoms with Crippen LogP contribution in [0.25, 0.3) is 0 Å². The Hall–Kier alpha value is -1.81. The highest BCUT2D eigenvalue weighted by Crippen LogP contribution is 2.13. The van der Waals surface area contributed by atoms with Gasteiger partial charge in [-0.25, -0.2) is 0 Å². The maximum atomic E-state index is 11.8. The van der Waals surface area contributed by atoms with Gasteiger partial charge in [0.05, 0.1) is 6.54 Å². The van der Waals surface area contributed by atoms with Crippen LogP contribution < -0.4 is 5.32 Å². The molecule has 2 aromatic rings. The first-order valence-electron chi connectivity index (χ1n) is 6.12. The monoisotopic (exact) mass is 277 g/mol. The molecule has 1 heterocycles. The number of amides is 1. The molecule has 4 nitrogen and oxygen atoms in total. The highest BCUT2D eigenvalue weighted by Gasteiger charge is 2.11. The Balaban J connectivity index is 2.05. The minimum Gasteiger partial charge on any atom is -0.326 e. The third-order valence-corrected chi connectivity index (χ3v) is 3.24. The second-order valence-electron chi connectivity index (χ2n) is 4.45. The van der Waals surface area contributed by atoms with E-state index in [0.29, 0.717) is 12.4 Å². The van der Waals surface area contributed by atoms with Crippen molar-refractivity contribution in [2.24, 2.45) is 5.92 Å². The smallest absolute Gasteiger partial charge is 0.228 e. The van der Waals surface area contributed by atoms with Crippen molar-refractivity contribution in [3.63, 3.8) is 0 Å². The summed E-state index contributed by atoms with van der Waals surface area (Å²) in [5.41, 5.74) is 1.87. The van der Waals surface area contributed by atoms with Gasteiger partial charge in [-0.2, -0.15) is 5.10 Å². The van der Waals surface area contributed by atoms with Gasteiger partial charge in [-0.3, -0.25) is 9.48 Å². The molecule has 19 heavy (non-hydrogen) atoms. The zero-order valence-electron chi connectivity index (χ0n) is 10.7. The summed E-state index contributed by atoms with van der Waals surface area (Å²) >= 11 is 5.67. The van der Waals surface area contributed by atoms with Gasteiger partial charge in [0.15, 0.2) is 0 Å². The van der Waals surface area contributed by atoms with Crippen LogP contribution in [0.2, 0.25) is 0 Å². The van der Waals surface area contributed by atoms with E-state index in [9.17, 15) is 4.79 Å². The van der Waals surface area contributed by atoms with Gasteiger partial charge in [-0.05, 0) is 23.8 Å². The minimum atomic E-state index is -0.198. The summed E-state index contributed by atoms with van der Waals surface area (Å²) in [4.78, 5) is 11.8. The summed E-state index contributed by atoms with van der Waals surface area (Å²) in [6.07, 6.45) is 3.65. The number of benzene rings is 1. The SMILES string of the molecule is CC(CCl)C(=O)Nc1cccc(Cn2cccn2)c1. The Morgan fingerprint density at radius 1 is 1.47 bits per heavy atom. The first-order valence-corrected chi connectivity index (χ1v) is 6.65. The van der Waals surface area contributed by atoms with E-state index in [1.165, 1.54) is 0 Å². The molecule has 1 unspecified atom stereocenters. The number of hydrogen-bond acceptors (Lipinski definition) is 2. The van der Waals surface area contributed by atoms with Crippen molar-refractivity contribution in [2.75, 3.05) is 11.2 Å². The third kappa shape index (κ3) is 3.83. The van der Waals surface area contributed by atoms with E-state index in [0.717, 1.165) is 11.3 Å². The summed E-state index contributed by atoms with van der Waals surface area (Å²) in [5, 5.41) is 7.02. The fourth-order valence-corrected chi connectivity index (χ4v) is 1.80. The molecule has 1 aromatic carbocycles. The van der Waals surface area contributed by atoms with Crippen LogP contribution in [0.3, 0.4) is 0 Å². The van der Waals surface area contributed by atoms with Gasteiger partial charge in [0.25, 0.3) is 0 Å². The first kappa shape index (κ1) is 13.6. The summed E-state index contributed by atoms with van der Waals surface area (Å²) in [6.45, 7) is 2.48. The number of anilines is 1.